The van der Waals surface area contributed by atoms with Gasteiger partial charge in [-0.15, -0.1) is 0 Å². The molecular weight excluding hydrogens is 236 g/mol. The minimum absolute atomic E-state index is 0.341. The highest BCUT2D eigenvalue weighted by atomic mass is 16.5. The van der Waals surface area contributed by atoms with Crippen molar-refractivity contribution in [3.8, 4) is 0 Å². The van der Waals surface area contributed by atoms with E-state index < -0.39 is 0 Å². The first kappa shape index (κ1) is 14.5. The molecule has 1 aromatic rings. The smallest absolute Gasteiger partial charge is 0.0678 e. The van der Waals surface area contributed by atoms with Crippen molar-refractivity contribution in [3.05, 3.63) is 35.4 Å². The first-order chi connectivity index (χ1) is 9.17. The highest BCUT2D eigenvalue weighted by Gasteiger charge is 2.21. The predicted molar refractivity (Wildman–Crippen MR) is 79.1 cm³/mol. The van der Waals surface area contributed by atoms with Gasteiger partial charge in [-0.2, -0.15) is 0 Å². The van der Waals surface area contributed by atoms with Crippen LogP contribution in [0.25, 0.3) is 0 Å². The molecule has 0 amide bonds. The van der Waals surface area contributed by atoms with Gasteiger partial charge in [0.15, 0.2) is 0 Å². The van der Waals surface area contributed by atoms with Gasteiger partial charge >= 0.3 is 0 Å². The fraction of sp³-hybridized carbons (Fsp3) is 0.625. The summed E-state index contributed by atoms with van der Waals surface area (Å²) in [5, 5.41) is 3.38. The molecule has 0 unspecified atom stereocenters. The van der Waals surface area contributed by atoms with E-state index in [4.69, 9.17) is 4.74 Å². The van der Waals surface area contributed by atoms with Crippen LogP contribution in [0.2, 0.25) is 0 Å². The molecule has 1 aromatic carbocycles. The topological polar surface area (TPSA) is 24.5 Å². The summed E-state index contributed by atoms with van der Waals surface area (Å²) in [5.74, 6) is 0. The molecule has 2 atom stereocenters. The van der Waals surface area contributed by atoms with E-state index in [1.807, 2.05) is 0 Å². The van der Waals surface area contributed by atoms with Crippen LogP contribution in [-0.2, 0) is 17.8 Å². The third-order valence-corrected chi connectivity index (χ3v) is 3.47. The molecule has 1 aliphatic rings. The summed E-state index contributed by atoms with van der Waals surface area (Å²) in [6, 6.07) is 8.89. The van der Waals surface area contributed by atoms with Gasteiger partial charge in [-0.3, -0.25) is 4.90 Å². The van der Waals surface area contributed by atoms with Crippen LogP contribution >= 0.6 is 0 Å². The third kappa shape index (κ3) is 4.60. The molecule has 1 N–H and O–H groups in total. The zero-order valence-electron chi connectivity index (χ0n) is 12.4. The summed E-state index contributed by atoms with van der Waals surface area (Å²) in [6.45, 7) is 11.5. The first-order valence-electron chi connectivity index (χ1n) is 7.33. The predicted octanol–water partition coefficient (Wildman–Crippen LogP) is 2.41. The summed E-state index contributed by atoms with van der Waals surface area (Å²) in [6.07, 6.45) is 0.683. The van der Waals surface area contributed by atoms with Gasteiger partial charge < -0.3 is 10.1 Å². The van der Waals surface area contributed by atoms with Gasteiger partial charge in [-0.25, -0.2) is 0 Å². The van der Waals surface area contributed by atoms with E-state index in [0.29, 0.717) is 12.2 Å². The zero-order chi connectivity index (χ0) is 13.7. The maximum Gasteiger partial charge on any atom is 0.0678 e. The molecule has 0 bridgehead atoms. The summed E-state index contributed by atoms with van der Waals surface area (Å²) in [7, 11) is 0. The van der Waals surface area contributed by atoms with Crippen LogP contribution in [0, 0.1) is 0 Å². The van der Waals surface area contributed by atoms with E-state index in [1.54, 1.807) is 0 Å². The molecule has 1 aliphatic heterocycles. The van der Waals surface area contributed by atoms with Crippen LogP contribution in [-0.4, -0.2) is 36.7 Å². The number of rotatable bonds is 5. The van der Waals surface area contributed by atoms with Crippen molar-refractivity contribution in [2.45, 2.75) is 46.1 Å². The molecule has 2 rings (SSSR count). The number of hydrogen-bond acceptors (Lipinski definition) is 3. The van der Waals surface area contributed by atoms with Crippen LogP contribution in [0.4, 0.5) is 0 Å². The van der Waals surface area contributed by atoms with Crippen LogP contribution in [0.3, 0.4) is 0 Å². The van der Waals surface area contributed by atoms with Crippen molar-refractivity contribution < 1.29 is 4.74 Å². The minimum Gasteiger partial charge on any atom is -0.373 e. The van der Waals surface area contributed by atoms with E-state index in [-0.39, 0.29) is 0 Å². The van der Waals surface area contributed by atoms with E-state index in [2.05, 4.69) is 55.3 Å². The first-order valence-corrected chi connectivity index (χ1v) is 7.33. The van der Waals surface area contributed by atoms with Gasteiger partial charge in [0.1, 0.15) is 0 Å². The summed E-state index contributed by atoms with van der Waals surface area (Å²) in [4.78, 5) is 2.49. The number of benzene rings is 1. The van der Waals surface area contributed by atoms with Crippen molar-refractivity contribution >= 4 is 0 Å². The Morgan fingerprint density at radius 1 is 1.21 bits per heavy atom. The molecule has 0 aliphatic carbocycles. The number of morpholine rings is 1. The van der Waals surface area contributed by atoms with Crippen molar-refractivity contribution in [3.63, 3.8) is 0 Å². The number of ether oxygens (including phenoxy) is 1. The molecular formula is C16H26N2O. The molecule has 0 aromatic heterocycles. The molecule has 1 fully saturated rings. The molecule has 0 spiro atoms. The summed E-state index contributed by atoms with van der Waals surface area (Å²) >= 11 is 0. The van der Waals surface area contributed by atoms with Crippen LogP contribution in [0.1, 0.15) is 31.9 Å². The molecule has 0 radical (unpaired) electrons. The second-order valence-corrected chi connectivity index (χ2v) is 5.55. The number of nitrogens with one attached hydrogen (secondary N) is 1. The minimum atomic E-state index is 0.341. The van der Waals surface area contributed by atoms with Gasteiger partial charge in [0.25, 0.3) is 0 Å². The third-order valence-electron chi connectivity index (χ3n) is 3.47. The highest BCUT2D eigenvalue weighted by molar-refractivity contribution is 5.23. The van der Waals surface area contributed by atoms with Gasteiger partial charge in [0.2, 0.25) is 0 Å². The second kappa shape index (κ2) is 7.04. The Morgan fingerprint density at radius 2 is 1.89 bits per heavy atom. The van der Waals surface area contributed by atoms with E-state index in [9.17, 15) is 0 Å². The molecule has 1 saturated heterocycles. The Morgan fingerprint density at radius 3 is 2.58 bits per heavy atom. The van der Waals surface area contributed by atoms with E-state index in [0.717, 1.165) is 32.7 Å². The Kier molecular flexibility index (Phi) is 5.37. The average Bonchev–Trinajstić information content (AvgIpc) is 2.35. The summed E-state index contributed by atoms with van der Waals surface area (Å²) in [5.41, 5.74) is 2.77. The maximum absolute atomic E-state index is 5.78. The van der Waals surface area contributed by atoms with Crippen molar-refractivity contribution in [1.29, 1.82) is 0 Å². The average molecular weight is 262 g/mol. The number of hydrogen-bond donors (Lipinski definition) is 1. The lowest BCUT2D eigenvalue weighted by Gasteiger charge is -2.35. The summed E-state index contributed by atoms with van der Waals surface area (Å²) < 4.78 is 5.78. The SMILES string of the molecule is CCNCc1cccc(CN2C[C@@H](C)O[C@@H](C)C2)c1. The second-order valence-electron chi connectivity index (χ2n) is 5.55. The zero-order valence-corrected chi connectivity index (χ0v) is 12.4. The van der Waals surface area contributed by atoms with E-state index in [1.165, 1.54) is 11.1 Å². The van der Waals surface area contributed by atoms with Crippen molar-refractivity contribution in [2.75, 3.05) is 19.6 Å². The monoisotopic (exact) mass is 262 g/mol. The largest absolute Gasteiger partial charge is 0.373 e. The normalized spacial score (nSPS) is 24.6. The number of nitrogens with zero attached hydrogens (tertiary/aromatic N) is 1. The Labute approximate surface area is 116 Å². The molecule has 3 heteroatoms. The van der Waals surface area contributed by atoms with Crippen molar-refractivity contribution in [2.24, 2.45) is 0 Å². The standard InChI is InChI=1S/C16H26N2O/c1-4-17-9-15-6-5-7-16(8-15)12-18-10-13(2)19-14(3)11-18/h5-8,13-14,17H,4,9-12H2,1-3H3/t13-,14+. The Hall–Kier alpha value is -0.900. The van der Waals surface area contributed by atoms with Crippen LogP contribution in [0.5, 0.6) is 0 Å². The lowest BCUT2D eigenvalue weighted by molar-refractivity contribution is -0.0704. The quantitative estimate of drug-likeness (QED) is 0.882. The van der Waals surface area contributed by atoms with E-state index >= 15 is 0 Å². The Balaban J connectivity index is 1.94. The van der Waals surface area contributed by atoms with Crippen LogP contribution in [0.15, 0.2) is 24.3 Å². The van der Waals surface area contributed by atoms with Gasteiger partial charge in [-0.1, -0.05) is 31.2 Å². The Bertz CT molecular complexity index is 384. The van der Waals surface area contributed by atoms with Crippen molar-refractivity contribution in [1.82, 2.24) is 10.2 Å². The molecule has 0 saturated carbocycles. The van der Waals surface area contributed by atoms with Gasteiger partial charge in [0.05, 0.1) is 12.2 Å². The fourth-order valence-corrected chi connectivity index (χ4v) is 2.78. The lowest BCUT2D eigenvalue weighted by Crippen LogP contribution is -2.44. The van der Waals surface area contributed by atoms with Crippen LogP contribution < -0.4 is 5.32 Å². The molecule has 1 heterocycles. The van der Waals surface area contributed by atoms with Gasteiger partial charge in [-0.05, 0) is 31.5 Å². The van der Waals surface area contributed by atoms with Gasteiger partial charge in [0, 0.05) is 26.2 Å². The molecule has 19 heavy (non-hydrogen) atoms. The lowest BCUT2D eigenvalue weighted by atomic mass is 10.1. The highest BCUT2D eigenvalue weighted by Crippen LogP contribution is 2.15. The maximum atomic E-state index is 5.78. The fourth-order valence-electron chi connectivity index (χ4n) is 2.78. The molecule has 106 valence electrons. The molecule has 3 nitrogen and oxygen atoms in total.